The van der Waals surface area contributed by atoms with E-state index in [1.165, 1.54) is 0 Å². The van der Waals surface area contributed by atoms with Gasteiger partial charge in [0.05, 0.1) is 10.4 Å². The van der Waals surface area contributed by atoms with Gasteiger partial charge in [0.25, 0.3) is 0 Å². The number of nitrogens with zero attached hydrogens (tertiary/aromatic N) is 3. The smallest absolute Gasteiger partial charge is 0.410 e. The van der Waals surface area contributed by atoms with Crippen LogP contribution >= 0.6 is 11.6 Å². The van der Waals surface area contributed by atoms with Gasteiger partial charge in [0.1, 0.15) is 11.3 Å². The van der Waals surface area contributed by atoms with Crippen molar-refractivity contribution in [2.45, 2.75) is 51.7 Å². The Balaban J connectivity index is 1.75. The Morgan fingerprint density at radius 1 is 1.41 bits per heavy atom. The van der Waals surface area contributed by atoms with Crippen LogP contribution in [-0.2, 0) is 4.74 Å². The number of anilines is 1. The zero-order valence-corrected chi connectivity index (χ0v) is 17.5. The van der Waals surface area contributed by atoms with Gasteiger partial charge in [-0.15, -0.1) is 0 Å². The number of aromatic nitrogens is 1. The van der Waals surface area contributed by atoms with Crippen molar-refractivity contribution in [2.75, 3.05) is 18.4 Å². The molecule has 1 N–H and O–H groups in total. The summed E-state index contributed by atoms with van der Waals surface area (Å²) in [5.41, 5.74) is 0.158. The van der Waals surface area contributed by atoms with E-state index in [9.17, 15) is 14.9 Å². The normalized spacial score (nSPS) is 16.8. The average Bonchev–Trinajstić information content (AvgIpc) is 3.08. The highest BCUT2D eigenvalue weighted by Crippen LogP contribution is 2.37. The Hall–Kier alpha value is -2.61. The first kappa shape index (κ1) is 21.1. The van der Waals surface area contributed by atoms with Crippen LogP contribution in [0.25, 0.3) is 10.9 Å². The summed E-state index contributed by atoms with van der Waals surface area (Å²) < 4.78 is 5.49. The molecule has 1 aromatic heterocycles. The Morgan fingerprint density at radius 3 is 2.83 bits per heavy atom. The molecule has 1 aromatic carbocycles. The SMILES string of the molecule is CC(C)(C)OC(=O)N1CCC[C@H]1CCNc1c([N+](=O)[O-])c(Cl)nc2ccccc12. The molecule has 1 aliphatic rings. The molecule has 1 amide bonds. The minimum Gasteiger partial charge on any atom is -0.444 e. The third kappa shape index (κ3) is 4.87. The van der Waals surface area contributed by atoms with E-state index >= 15 is 0 Å². The second kappa shape index (κ2) is 8.41. The van der Waals surface area contributed by atoms with Crippen molar-refractivity contribution < 1.29 is 14.5 Å². The quantitative estimate of drug-likeness (QED) is 0.415. The van der Waals surface area contributed by atoms with Gasteiger partial charge in [0.15, 0.2) is 0 Å². The molecule has 1 atom stereocenters. The van der Waals surface area contributed by atoms with Gasteiger partial charge in [-0.1, -0.05) is 29.8 Å². The fourth-order valence-corrected chi connectivity index (χ4v) is 3.83. The lowest BCUT2D eigenvalue weighted by molar-refractivity contribution is -0.384. The number of amides is 1. The molecule has 0 spiro atoms. The zero-order valence-electron chi connectivity index (χ0n) is 16.8. The maximum absolute atomic E-state index is 12.4. The van der Waals surface area contributed by atoms with E-state index in [4.69, 9.17) is 16.3 Å². The molecule has 1 saturated heterocycles. The number of pyridine rings is 1. The van der Waals surface area contributed by atoms with Gasteiger partial charge >= 0.3 is 11.8 Å². The molecule has 0 unspecified atom stereocenters. The standard InChI is InChI=1S/C20H25ClN4O4/c1-20(2,3)29-19(26)24-12-6-7-13(24)10-11-22-16-14-8-4-5-9-15(14)23-18(21)17(16)25(27)28/h4-5,8-9,13H,6-7,10-12H2,1-3H3,(H,22,23)/t13-/m0/s1. The minimum atomic E-state index is -0.546. The summed E-state index contributed by atoms with van der Waals surface area (Å²) in [6.45, 7) is 6.64. The predicted molar refractivity (Wildman–Crippen MR) is 112 cm³/mol. The lowest BCUT2D eigenvalue weighted by atomic mass is 10.1. The van der Waals surface area contributed by atoms with Crippen LogP contribution in [0.15, 0.2) is 24.3 Å². The number of para-hydroxylation sites is 1. The van der Waals surface area contributed by atoms with Gasteiger partial charge in [-0.3, -0.25) is 10.1 Å². The second-order valence-corrected chi connectivity index (χ2v) is 8.44. The third-order valence-corrected chi connectivity index (χ3v) is 5.05. The highest BCUT2D eigenvalue weighted by molar-refractivity contribution is 6.33. The summed E-state index contributed by atoms with van der Waals surface area (Å²) in [5, 5.41) is 15.2. The van der Waals surface area contributed by atoms with E-state index in [2.05, 4.69) is 10.3 Å². The first-order chi connectivity index (χ1) is 13.7. The highest BCUT2D eigenvalue weighted by atomic mass is 35.5. The van der Waals surface area contributed by atoms with Crippen molar-refractivity contribution >= 4 is 40.0 Å². The fraction of sp³-hybridized carbons (Fsp3) is 0.500. The minimum absolute atomic E-state index is 0.0278. The van der Waals surface area contributed by atoms with Gasteiger partial charge < -0.3 is 15.0 Å². The molecule has 1 fully saturated rings. The van der Waals surface area contributed by atoms with E-state index in [1.54, 1.807) is 29.2 Å². The van der Waals surface area contributed by atoms with E-state index in [0.29, 0.717) is 36.1 Å². The van der Waals surface area contributed by atoms with Crippen molar-refractivity contribution in [3.63, 3.8) is 0 Å². The summed E-state index contributed by atoms with van der Waals surface area (Å²) in [7, 11) is 0. The summed E-state index contributed by atoms with van der Waals surface area (Å²) in [4.78, 5) is 29.3. The number of benzene rings is 1. The molecule has 2 heterocycles. The molecular weight excluding hydrogens is 396 g/mol. The summed E-state index contributed by atoms with van der Waals surface area (Å²) >= 11 is 6.07. The molecule has 156 valence electrons. The number of likely N-dealkylation sites (tertiary alicyclic amines) is 1. The van der Waals surface area contributed by atoms with E-state index in [-0.39, 0.29) is 23.0 Å². The third-order valence-electron chi connectivity index (χ3n) is 4.79. The number of fused-ring (bicyclic) bond motifs is 1. The maximum Gasteiger partial charge on any atom is 0.410 e. The Morgan fingerprint density at radius 2 is 2.14 bits per heavy atom. The Bertz CT molecular complexity index is 929. The van der Waals surface area contributed by atoms with E-state index < -0.39 is 10.5 Å². The number of rotatable bonds is 5. The first-order valence-corrected chi connectivity index (χ1v) is 10.0. The van der Waals surface area contributed by atoms with Crippen molar-refractivity contribution in [1.29, 1.82) is 0 Å². The van der Waals surface area contributed by atoms with Crippen LogP contribution in [0, 0.1) is 10.1 Å². The number of halogens is 1. The molecular formula is C20H25ClN4O4. The van der Waals surface area contributed by atoms with E-state index in [1.807, 2.05) is 20.8 Å². The highest BCUT2D eigenvalue weighted by Gasteiger charge is 2.32. The molecule has 1 aliphatic heterocycles. The number of hydrogen-bond acceptors (Lipinski definition) is 6. The van der Waals surface area contributed by atoms with Crippen LogP contribution in [0.1, 0.15) is 40.0 Å². The summed E-state index contributed by atoms with van der Waals surface area (Å²) in [6, 6.07) is 7.17. The fourth-order valence-electron chi connectivity index (χ4n) is 3.58. The lowest BCUT2D eigenvalue weighted by Gasteiger charge is -2.28. The monoisotopic (exact) mass is 420 g/mol. The second-order valence-electron chi connectivity index (χ2n) is 8.09. The number of ether oxygens (including phenoxy) is 1. The topological polar surface area (TPSA) is 97.6 Å². The van der Waals surface area contributed by atoms with Gasteiger partial charge in [-0.05, 0) is 46.1 Å². The van der Waals surface area contributed by atoms with Crippen molar-refractivity contribution in [3.05, 3.63) is 39.5 Å². The summed E-state index contributed by atoms with van der Waals surface area (Å²) in [6.07, 6.45) is 2.11. The average molecular weight is 421 g/mol. The molecule has 0 aliphatic carbocycles. The predicted octanol–water partition coefficient (Wildman–Crippen LogP) is 5.00. The van der Waals surface area contributed by atoms with Crippen LogP contribution < -0.4 is 5.32 Å². The molecule has 8 nitrogen and oxygen atoms in total. The number of nitrogens with one attached hydrogen (secondary N) is 1. The first-order valence-electron chi connectivity index (χ1n) is 9.63. The molecule has 0 radical (unpaired) electrons. The molecule has 0 bridgehead atoms. The van der Waals surface area contributed by atoms with Crippen LogP contribution in [0.4, 0.5) is 16.2 Å². The van der Waals surface area contributed by atoms with Crippen molar-refractivity contribution in [3.8, 4) is 0 Å². The number of hydrogen-bond donors (Lipinski definition) is 1. The van der Waals surface area contributed by atoms with E-state index in [0.717, 1.165) is 12.8 Å². The van der Waals surface area contributed by atoms with Crippen molar-refractivity contribution in [2.24, 2.45) is 0 Å². The van der Waals surface area contributed by atoms with Gasteiger partial charge in [-0.2, -0.15) is 0 Å². The van der Waals surface area contributed by atoms with Crippen molar-refractivity contribution in [1.82, 2.24) is 9.88 Å². The largest absolute Gasteiger partial charge is 0.444 e. The molecule has 3 rings (SSSR count). The van der Waals surface area contributed by atoms with Crippen LogP contribution in [0.5, 0.6) is 0 Å². The molecule has 0 saturated carbocycles. The Labute approximate surface area is 174 Å². The molecule has 9 heteroatoms. The zero-order chi connectivity index (χ0) is 21.2. The van der Waals surface area contributed by atoms with Gasteiger partial charge in [0, 0.05) is 24.5 Å². The Kier molecular flexibility index (Phi) is 6.12. The lowest BCUT2D eigenvalue weighted by Crippen LogP contribution is -2.40. The molecule has 29 heavy (non-hydrogen) atoms. The molecule has 2 aromatic rings. The number of carbonyl (C=O) groups excluding carboxylic acids is 1. The van der Waals surface area contributed by atoms with Gasteiger partial charge in [-0.25, -0.2) is 9.78 Å². The van der Waals surface area contributed by atoms with Crippen LogP contribution in [0.3, 0.4) is 0 Å². The maximum atomic E-state index is 12.4. The number of nitro groups is 1. The number of carbonyl (C=O) groups is 1. The van der Waals surface area contributed by atoms with Crippen LogP contribution in [0.2, 0.25) is 5.15 Å². The van der Waals surface area contributed by atoms with Crippen LogP contribution in [-0.4, -0.2) is 45.6 Å². The summed E-state index contributed by atoms with van der Waals surface area (Å²) in [5.74, 6) is 0. The van der Waals surface area contributed by atoms with Gasteiger partial charge in [0.2, 0.25) is 5.15 Å².